The van der Waals surface area contributed by atoms with E-state index in [0.717, 1.165) is 26.9 Å². The minimum absolute atomic E-state index is 0.670. The zero-order valence-corrected chi connectivity index (χ0v) is 13.5. The molecule has 0 aliphatic heterocycles. The van der Waals surface area contributed by atoms with Crippen LogP contribution in [0.1, 0.15) is 5.56 Å². The van der Waals surface area contributed by atoms with Crippen LogP contribution in [-0.2, 0) is 0 Å². The van der Waals surface area contributed by atoms with Crippen LogP contribution in [0.4, 0.5) is 0 Å². The molecule has 0 fully saturated rings. The quantitative estimate of drug-likeness (QED) is 0.676. The van der Waals surface area contributed by atoms with Gasteiger partial charge in [0.25, 0.3) is 0 Å². The van der Waals surface area contributed by atoms with Crippen LogP contribution in [0.3, 0.4) is 0 Å². The third kappa shape index (κ3) is 2.17. The first-order valence-corrected chi connectivity index (χ1v) is 7.35. The summed E-state index contributed by atoms with van der Waals surface area (Å²) < 4.78 is 9.04. The molecule has 3 nitrogen and oxygen atoms in total. The van der Waals surface area contributed by atoms with E-state index in [0.29, 0.717) is 4.77 Å². The maximum Gasteiger partial charge on any atom is 0.182 e. The van der Waals surface area contributed by atoms with E-state index < -0.39 is 0 Å². The smallest absolute Gasteiger partial charge is 0.182 e. The van der Waals surface area contributed by atoms with Crippen molar-refractivity contribution in [3.05, 3.63) is 51.2 Å². The number of halogens is 1. The van der Waals surface area contributed by atoms with E-state index in [1.54, 1.807) is 7.11 Å². The molecule has 102 valence electrons. The lowest BCUT2D eigenvalue weighted by molar-refractivity contribution is 0.415. The predicted octanol–water partition coefficient (Wildman–Crippen LogP) is 4.77. The predicted molar refractivity (Wildman–Crippen MR) is 87.4 cm³/mol. The Balaban J connectivity index is 2.31. The van der Waals surface area contributed by atoms with Crippen LogP contribution >= 0.6 is 28.1 Å². The van der Waals surface area contributed by atoms with Crippen molar-refractivity contribution in [3.63, 3.8) is 0 Å². The van der Waals surface area contributed by atoms with Gasteiger partial charge in [0.05, 0.1) is 18.1 Å². The fourth-order valence-corrected chi connectivity index (χ4v) is 2.87. The number of H-pyrrole nitrogens is 1. The van der Waals surface area contributed by atoms with Crippen LogP contribution in [-0.4, -0.2) is 16.7 Å². The summed E-state index contributed by atoms with van der Waals surface area (Å²) in [6.07, 6.45) is 0. The van der Waals surface area contributed by atoms with Crippen molar-refractivity contribution in [3.8, 4) is 11.4 Å². The molecule has 3 rings (SSSR count). The van der Waals surface area contributed by atoms with Gasteiger partial charge in [0, 0.05) is 16.2 Å². The van der Waals surface area contributed by atoms with Crippen LogP contribution in [0.25, 0.3) is 16.7 Å². The van der Waals surface area contributed by atoms with Crippen LogP contribution in [0.5, 0.6) is 5.75 Å². The first-order valence-electron chi connectivity index (χ1n) is 6.15. The van der Waals surface area contributed by atoms with Crippen LogP contribution in [0.2, 0.25) is 0 Å². The zero-order chi connectivity index (χ0) is 14.3. The molecule has 0 amide bonds. The van der Waals surface area contributed by atoms with Gasteiger partial charge in [-0.2, -0.15) is 0 Å². The first kappa shape index (κ1) is 13.4. The largest absolute Gasteiger partial charge is 0.497 e. The Morgan fingerprint density at radius 3 is 2.70 bits per heavy atom. The molecule has 0 saturated heterocycles. The Morgan fingerprint density at radius 2 is 2.00 bits per heavy atom. The number of nitrogens with zero attached hydrogens (tertiary/aromatic N) is 1. The normalized spacial score (nSPS) is 10.9. The van der Waals surface area contributed by atoms with Crippen LogP contribution in [0, 0.1) is 11.7 Å². The molecule has 1 N–H and O–H groups in total. The second-order valence-corrected chi connectivity index (χ2v) is 5.82. The highest BCUT2D eigenvalue weighted by Gasteiger charge is 2.08. The molecule has 0 saturated carbocycles. The van der Waals surface area contributed by atoms with E-state index in [4.69, 9.17) is 17.0 Å². The monoisotopic (exact) mass is 348 g/mol. The van der Waals surface area contributed by atoms with Gasteiger partial charge in [-0.3, -0.25) is 4.57 Å². The van der Waals surface area contributed by atoms with E-state index in [1.165, 1.54) is 5.56 Å². The molecule has 0 spiro atoms. The Bertz CT molecular complexity index is 851. The number of imidazole rings is 1. The Kier molecular flexibility index (Phi) is 3.40. The van der Waals surface area contributed by atoms with E-state index in [1.807, 2.05) is 22.8 Å². The summed E-state index contributed by atoms with van der Waals surface area (Å²) in [5, 5.41) is 0. The molecular weight excluding hydrogens is 336 g/mol. The summed E-state index contributed by atoms with van der Waals surface area (Å²) in [7, 11) is 1.66. The maximum absolute atomic E-state index is 5.44. The third-order valence-electron chi connectivity index (χ3n) is 3.30. The zero-order valence-electron chi connectivity index (χ0n) is 11.1. The number of rotatable bonds is 2. The minimum Gasteiger partial charge on any atom is -0.497 e. The van der Waals surface area contributed by atoms with Crippen molar-refractivity contribution in [1.82, 2.24) is 9.55 Å². The van der Waals surface area contributed by atoms with Gasteiger partial charge < -0.3 is 9.72 Å². The molecule has 20 heavy (non-hydrogen) atoms. The molecule has 0 aliphatic carbocycles. The summed E-state index contributed by atoms with van der Waals surface area (Å²) in [5.41, 5.74) is 4.21. The number of nitrogens with one attached hydrogen (secondary N) is 1. The van der Waals surface area contributed by atoms with Crippen molar-refractivity contribution in [2.24, 2.45) is 0 Å². The van der Waals surface area contributed by atoms with Gasteiger partial charge in [-0.25, -0.2) is 0 Å². The average Bonchev–Trinajstić information content (AvgIpc) is 2.77. The SMILES string of the molecule is COc1ccc2[nH]c(=S)n(-c3ccc(C)c(Br)c3)c2c1. The minimum atomic E-state index is 0.670. The lowest BCUT2D eigenvalue weighted by Gasteiger charge is -2.07. The fraction of sp³-hybridized carbons (Fsp3) is 0.133. The molecule has 0 unspecified atom stereocenters. The molecular formula is C15H13BrN2OS. The Hall–Kier alpha value is -1.59. The van der Waals surface area contributed by atoms with Crippen molar-refractivity contribution in [2.45, 2.75) is 6.92 Å². The molecule has 0 radical (unpaired) electrons. The van der Waals surface area contributed by atoms with Gasteiger partial charge in [-0.15, -0.1) is 0 Å². The summed E-state index contributed by atoms with van der Waals surface area (Å²) in [6, 6.07) is 12.1. The van der Waals surface area contributed by atoms with E-state index in [9.17, 15) is 0 Å². The van der Waals surface area contributed by atoms with Crippen LogP contribution in [0.15, 0.2) is 40.9 Å². The number of aromatic amines is 1. The number of benzene rings is 2. The van der Waals surface area contributed by atoms with Gasteiger partial charge in [0.1, 0.15) is 5.75 Å². The topological polar surface area (TPSA) is 29.9 Å². The Morgan fingerprint density at radius 1 is 1.20 bits per heavy atom. The lowest BCUT2D eigenvalue weighted by atomic mass is 10.2. The third-order valence-corrected chi connectivity index (χ3v) is 4.44. The van der Waals surface area contributed by atoms with E-state index in [2.05, 4.69) is 46.0 Å². The van der Waals surface area contributed by atoms with Crippen LogP contribution < -0.4 is 4.74 Å². The molecule has 5 heteroatoms. The van der Waals surface area contributed by atoms with Gasteiger partial charge in [-0.1, -0.05) is 22.0 Å². The number of aryl methyl sites for hydroxylation is 1. The van der Waals surface area contributed by atoms with Crippen molar-refractivity contribution in [2.75, 3.05) is 7.11 Å². The highest BCUT2D eigenvalue weighted by molar-refractivity contribution is 9.10. The number of ether oxygens (including phenoxy) is 1. The molecule has 3 aromatic rings. The van der Waals surface area contributed by atoms with Crippen molar-refractivity contribution in [1.29, 1.82) is 0 Å². The molecule has 1 heterocycles. The molecule has 0 atom stereocenters. The lowest BCUT2D eigenvalue weighted by Crippen LogP contribution is -1.95. The molecule has 0 bridgehead atoms. The average molecular weight is 349 g/mol. The second-order valence-electron chi connectivity index (χ2n) is 4.58. The molecule has 1 aromatic heterocycles. The Labute approximate surface area is 130 Å². The second kappa shape index (κ2) is 5.07. The van der Waals surface area contributed by atoms with Gasteiger partial charge >= 0.3 is 0 Å². The molecule has 0 aliphatic rings. The number of hydrogen-bond acceptors (Lipinski definition) is 2. The molecule has 2 aromatic carbocycles. The van der Waals surface area contributed by atoms with Gasteiger partial charge in [-0.05, 0) is 49.0 Å². The number of aromatic nitrogens is 2. The summed E-state index contributed by atoms with van der Waals surface area (Å²) in [6.45, 7) is 2.06. The van der Waals surface area contributed by atoms with E-state index >= 15 is 0 Å². The number of fused-ring (bicyclic) bond motifs is 1. The van der Waals surface area contributed by atoms with Crippen molar-refractivity contribution < 1.29 is 4.74 Å². The number of methoxy groups -OCH3 is 1. The highest BCUT2D eigenvalue weighted by atomic mass is 79.9. The van der Waals surface area contributed by atoms with Crippen molar-refractivity contribution >= 4 is 39.2 Å². The maximum atomic E-state index is 5.44. The standard InChI is InChI=1S/C15H13BrN2OS/c1-9-3-4-10(7-12(9)16)18-14-8-11(19-2)5-6-13(14)17-15(18)20/h3-8H,1-2H3,(H,17,20). The van der Waals surface area contributed by atoms with Gasteiger partial charge in [0.15, 0.2) is 4.77 Å². The summed E-state index contributed by atoms with van der Waals surface area (Å²) >= 11 is 9.01. The number of hydrogen-bond donors (Lipinski definition) is 1. The van der Waals surface area contributed by atoms with Gasteiger partial charge in [0.2, 0.25) is 0 Å². The van der Waals surface area contributed by atoms with E-state index in [-0.39, 0.29) is 0 Å². The first-order chi connectivity index (χ1) is 9.60. The summed E-state index contributed by atoms with van der Waals surface area (Å²) in [4.78, 5) is 3.22. The fourth-order valence-electron chi connectivity index (χ4n) is 2.19. The summed E-state index contributed by atoms with van der Waals surface area (Å²) in [5.74, 6) is 0.812. The highest BCUT2D eigenvalue weighted by Crippen LogP contribution is 2.26.